The number of hydrogen-bond acceptors (Lipinski definition) is 2. The Hall–Kier alpha value is -13.8. The molecule has 18 aromatic rings. The van der Waals surface area contributed by atoms with Crippen LogP contribution in [0.15, 0.2) is 376 Å². The van der Waals surface area contributed by atoms with Crippen LogP contribution in [0.4, 0.5) is 34.1 Å². The predicted octanol–water partition coefficient (Wildman–Crippen LogP) is 23.6. The first-order chi connectivity index (χ1) is 54.1. The van der Waals surface area contributed by atoms with Gasteiger partial charge in [0.1, 0.15) is 0 Å². The fourth-order valence-corrected chi connectivity index (χ4v) is 22.8. The quantitative estimate of drug-likeness (QED) is 0.163. The van der Waals surface area contributed by atoms with Crippen molar-refractivity contribution in [2.45, 2.75) is 16.2 Å². The van der Waals surface area contributed by atoms with Gasteiger partial charge in [0, 0.05) is 50.5 Å². The lowest BCUT2D eigenvalue weighted by Crippen LogP contribution is -2.61. The molecule has 0 bridgehead atoms. The molecular formula is C105H62BN3. The molecule has 0 unspecified atom stereocenters. The number of hydrogen-bond donors (Lipinski definition) is 0. The normalized spacial score (nSPS) is 15.0. The van der Waals surface area contributed by atoms with Gasteiger partial charge in [0.2, 0.25) is 0 Å². The second kappa shape index (κ2) is 20.8. The second-order valence-electron chi connectivity index (χ2n) is 31.1. The van der Waals surface area contributed by atoms with Gasteiger partial charge in [0.15, 0.2) is 0 Å². The first-order valence-electron chi connectivity index (χ1n) is 38.4. The van der Waals surface area contributed by atoms with E-state index in [9.17, 15) is 0 Å². The second-order valence-corrected chi connectivity index (χ2v) is 31.1. The number of benzene rings is 17. The van der Waals surface area contributed by atoms with Gasteiger partial charge in [-0.2, -0.15) is 0 Å². The number of anilines is 6. The van der Waals surface area contributed by atoms with Crippen molar-refractivity contribution in [1.82, 2.24) is 4.57 Å². The molecule has 0 saturated carbocycles. The summed E-state index contributed by atoms with van der Waals surface area (Å²) < 4.78 is 2.57. The van der Waals surface area contributed by atoms with Crippen LogP contribution in [0.2, 0.25) is 0 Å². The summed E-state index contributed by atoms with van der Waals surface area (Å²) in [6.45, 7) is -0.285. The zero-order valence-electron chi connectivity index (χ0n) is 59.2. The van der Waals surface area contributed by atoms with Crippen LogP contribution >= 0.6 is 0 Å². The predicted molar refractivity (Wildman–Crippen MR) is 449 cm³/mol. The number of para-hydroxylation sites is 2. The lowest BCUT2D eigenvalue weighted by molar-refractivity contribution is 0.793. The van der Waals surface area contributed by atoms with E-state index >= 15 is 0 Å². The average molecular weight is 1380 g/mol. The van der Waals surface area contributed by atoms with Crippen LogP contribution in [0.5, 0.6) is 0 Å². The van der Waals surface area contributed by atoms with Crippen LogP contribution < -0.4 is 26.2 Å². The van der Waals surface area contributed by atoms with E-state index in [1.54, 1.807) is 0 Å². The van der Waals surface area contributed by atoms with Crippen LogP contribution in [-0.2, 0) is 16.2 Å². The summed E-state index contributed by atoms with van der Waals surface area (Å²) in [4.78, 5) is 5.47. The molecule has 0 atom stereocenters. The highest BCUT2D eigenvalue weighted by atomic mass is 15.2. The minimum atomic E-state index is -0.617. The molecule has 3 heterocycles. The van der Waals surface area contributed by atoms with Crippen LogP contribution in [0, 0.1) is 0 Å². The molecule has 2 aliphatic heterocycles. The van der Waals surface area contributed by atoms with E-state index in [2.05, 4.69) is 390 Å². The molecule has 26 rings (SSSR count). The topological polar surface area (TPSA) is 11.4 Å². The summed E-state index contributed by atoms with van der Waals surface area (Å²) >= 11 is 0. The van der Waals surface area contributed by atoms with Crippen molar-refractivity contribution < 1.29 is 0 Å². The molecule has 0 amide bonds. The smallest absolute Gasteiger partial charge is 0.252 e. The fourth-order valence-electron chi connectivity index (χ4n) is 22.8. The van der Waals surface area contributed by atoms with Crippen molar-refractivity contribution in [3.05, 3.63) is 443 Å². The number of aromatic nitrogens is 1. The van der Waals surface area contributed by atoms with Gasteiger partial charge in [0.25, 0.3) is 6.71 Å². The molecule has 109 heavy (non-hydrogen) atoms. The van der Waals surface area contributed by atoms with Gasteiger partial charge in [-0.1, -0.05) is 322 Å². The molecule has 6 aliphatic carbocycles. The van der Waals surface area contributed by atoms with Crippen molar-refractivity contribution in [3.63, 3.8) is 0 Å². The molecule has 3 nitrogen and oxygen atoms in total. The molecular weight excluding hydrogens is 1310 g/mol. The summed E-state index contributed by atoms with van der Waals surface area (Å²) in [7, 11) is 0. The summed E-state index contributed by atoms with van der Waals surface area (Å²) in [5, 5.41) is 2.44. The molecule has 500 valence electrons. The Balaban J connectivity index is 0.841. The number of nitrogens with zero attached hydrogens (tertiary/aromatic N) is 3. The van der Waals surface area contributed by atoms with Crippen molar-refractivity contribution in [1.29, 1.82) is 0 Å². The van der Waals surface area contributed by atoms with Gasteiger partial charge in [-0.25, -0.2) is 0 Å². The van der Waals surface area contributed by atoms with E-state index in [0.717, 1.165) is 39.5 Å². The Bertz CT molecular complexity index is 6950. The maximum atomic E-state index is 2.74. The third-order valence-electron chi connectivity index (χ3n) is 26.6. The van der Waals surface area contributed by atoms with Crippen LogP contribution in [0.3, 0.4) is 0 Å². The highest BCUT2D eigenvalue weighted by Crippen LogP contribution is 2.69. The highest BCUT2D eigenvalue weighted by molar-refractivity contribution is 7.00. The summed E-state index contributed by atoms with van der Waals surface area (Å²) in [6.07, 6.45) is 0. The molecule has 17 aromatic carbocycles. The minimum absolute atomic E-state index is 0.285. The summed E-state index contributed by atoms with van der Waals surface area (Å²) in [5.41, 5.74) is 45.9. The Morgan fingerprint density at radius 1 is 0.211 bits per heavy atom. The molecule has 1 aromatic heterocycles. The maximum Gasteiger partial charge on any atom is 0.252 e. The van der Waals surface area contributed by atoms with E-state index in [1.807, 2.05) is 0 Å². The minimum Gasteiger partial charge on any atom is -0.311 e. The van der Waals surface area contributed by atoms with Gasteiger partial charge in [-0.15, -0.1) is 0 Å². The zero-order valence-corrected chi connectivity index (χ0v) is 59.2. The van der Waals surface area contributed by atoms with Crippen LogP contribution in [-0.4, -0.2) is 11.3 Å². The van der Waals surface area contributed by atoms with E-state index in [-0.39, 0.29) is 6.71 Å². The Morgan fingerprint density at radius 2 is 0.578 bits per heavy atom. The van der Waals surface area contributed by atoms with Gasteiger partial charge in [0.05, 0.1) is 33.0 Å². The van der Waals surface area contributed by atoms with Crippen molar-refractivity contribution in [2.75, 3.05) is 9.80 Å². The molecule has 0 saturated heterocycles. The SMILES string of the molecule is c1ccc(-c2ccc(N3c4cc(-n5c6ccccc6c6ccccc65)cc5c4B(c4cc6c(cc4N5c4ccc5c(c4)C4(c7ccccc7-c7ccccc74)c4ccccc4-5)-c4ccccc4C64c5ccccc5-c5ccccc54)c4ccc5c(c43)-c3ccccc3C53c4ccccc4-c4ccccc43)cc2)cc1. The Kier molecular flexibility index (Phi) is 11.2. The average Bonchev–Trinajstić information content (AvgIpc) is 1.55. The molecule has 0 N–H and O–H groups in total. The van der Waals surface area contributed by atoms with E-state index in [0.29, 0.717) is 0 Å². The van der Waals surface area contributed by atoms with Gasteiger partial charge < -0.3 is 14.4 Å². The third kappa shape index (κ3) is 6.96. The van der Waals surface area contributed by atoms with Gasteiger partial charge in [-0.05, 0) is 210 Å². The van der Waals surface area contributed by atoms with Crippen molar-refractivity contribution >= 4 is 79.0 Å². The molecule has 4 heteroatoms. The Labute approximate surface area is 631 Å². The van der Waals surface area contributed by atoms with Gasteiger partial charge in [-0.3, -0.25) is 0 Å². The third-order valence-corrected chi connectivity index (χ3v) is 26.6. The van der Waals surface area contributed by atoms with Gasteiger partial charge >= 0.3 is 0 Å². The van der Waals surface area contributed by atoms with Crippen LogP contribution in [0.1, 0.15) is 66.8 Å². The first kappa shape index (κ1) is 58.5. The molecule has 8 aliphatic rings. The largest absolute Gasteiger partial charge is 0.311 e. The number of fused-ring (bicyclic) bond motifs is 38. The highest BCUT2D eigenvalue weighted by Gasteiger charge is 2.58. The monoisotopic (exact) mass is 1380 g/mol. The van der Waals surface area contributed by atoms with E-state index in [1.165, 1.54) is 183 Å². The summed E-state index contributed by atoms with van der Waals surface area (Å²) in [6, 6.07) is 146. The summed E-state index contributed by atoms with van der Waals surface area (Å²) in [5.74, 6) is 0. The fraction of sp³-hybridized carbons (Fsp3) is 0.0286. The first-order valence-corrected chi connectivity index (χ1v) is 38.4. The lowest BCUT2D eigenvalue weighted by atomic mass is 9.33. The Morgan fingerprint density at radius 3 is 1.06 bits per heavy atom. The standard InChI is InChI=1S/C105H62BN3/c1-2-26-63(27-3-1)64-50-52-65(53-51-64)109-99-60-67(108-95-48-24-13-36-77(95)78-37-14-25-49-96(78)108)59-98-101(99)106(93-57-56-90-100(102(93)109)79-38-12-23-47-89(79)103(90)81-39-15-4-28-68(81)69-29-5-16-40-82(69)103)94-62-92-80(75-35-11-22-46-88(75)105(92)85-43-19-8-32-72(85)73-33-9-20-44-86(73)105)61-97(94)107(98)66-54-55-76-74-34-10-21-45-87(74)104(91(76)58-66)83-41-17-6-30-70(83)71-31-7-18-42-84(71)104/h1-62H. The lowest BCUT2D eigenvalue weighted by Gasteiger charge is -2.46. The van der Waals surface area contributed by atoms with Crippen molar-refractivity contribution in [2.24, 2.45) is 0 Å². The van der Waals surface area contributed by atoms with Crippen LogP contribution in [0.25, 0.3) is 105 Å². The molecule has 0 fully saturated rings. The van der Waals surface area contributed by atoms with E-state index in [4.69, 9.17) is 0 Å². The maximum absolute atomic E-state index is 2.74. The van der Waals surface area contributed by atoms with Crippen molar-refractivity contribution in [3.8, 4) is 83.6 Å². The zero-order chi connectivity index (χ0) is 70.7. The molecule has 3 spiro atoms. The van der Waals surface area contributed by atoms with E-state index < -0.39 is 16.2 Å². The molecule has 0 radical (unpaired) electrons. The number of rotatable bonds is 4.